The van der Waals surface area contributed by atoms with Gasteiger partial charge in [-0.05, 0) is 38.6 Å². The Morgan fingerprint density at radius 3 is 2.88 bits per heavy atom. The average Bonchev–Trinajstić information content (AvgIpc) is 2.15. The molecule has 1 saturated heterocycles. The van der Waals surface area contributed by atoms with Crippen LogP contribution in [0.25, 0.3) is 0 Å². The Bertz CT molecular complexity index is 368. The van der Waals surface area contributed by atoms with Gasteiger partial charge in [-0.1, -0.05) is 12.1 Å². The van der Waals surface area contributed by atoms with Crippen molar-refractivity contribution in [3.05, 3.63) is 29.8 Å². The first-order valence-electron chi connectivity index (χ1n) is 5.65. The van der Waals surface area contributed by atoms with E-state index in [-0.39, 0.29) is 11.7 Å². The van der Waals surface area contributed by atoms with Crippen molar-refractivity contribution in [3.63, 3.8) is 0 Å². The summed E-state index contributed by atoms with van der Waals surface area (Å²) < 4.78 is 6.03. The van der Waals surface area contributed by atoms with E-state index in [0.717, 1.165) is 18.7 Å². The van der Waals surface area contributed by atoms with Crippen LogP contribution in [-0.2, 0) is 10.3 Å². The molecule has 0 spiro atoms. The fourth-order valence-electron chi connectivity index (χ4n) is 2.53. The fourth-order valence-corrected chi connectivity index (χ4v) is 2.53. The molecule has 3 heteroatoms. The minimum Gasteiger partial charge on any atom is -0.508 e. The molecule has 0 bridgehead atoms. The van der Waals surface area contributed by atoms with E-state index in [9.17, 15) is 5.11 Å². The highest BCUT2D eigenvalue weighted by Crippen LogP contribution is 2.32. The highest BCUT2D eigenvalue weighted by atomic mass is 16.5. The molecular weight excluding hydrogens is 202 g/mol. The maximum absolute atomic E-state index is 9.52. The summed E-state index contributed by atoms with van der Waals surface area (Å²) in [5.41, 5.74) is 0.705. The lowest BCUT2D eigenvalue weighted by atomic mass is 9.93. The summed E-state index contributed by atoms with van der Waals surface area (Å²) in [5, 5.41) is 9.52. The summed E-state index contributed by atoms with van der Waals surface area (Å²) in [6.45, 7) is 5.96. The van der Waals surface area contributed by atoms with Crippen molar-refractivity contribution in [1.29, 1.82) is 0 Å². The highest BCUT2D eigenvalue weighted by Gasteiger charge is 2.35. The maximum atomic E-state index is 9.52. The third-order valence-electron chi connectivity index (χ3n) is 3.06. The number of morpholine rings is 1. The van der Waals surface area contributed by atoms with Crippen LogP contribution in [0.4, 0.5) is 0 Å². The van der Waals surface area contributed by atoms with E-state index >= 15 is 0 Å². The van der Waals surface area contributed by atoms with Crippen LogP contribution in [-0.4, -0.2) is 36.2 Å². The number of ether oxygens (including phenoxy) is 1. The summed E-state index contributed by atoms with van der Waals surface area (Å²) in [7, 11) is 2.10. The molecule has 0 aromatic heterocycles. The van der Waals surface area contributed by atoms with Crippen LogP contribution in [0.15, 0.2) is 24.3 Å². The number of benzene rings is 1. The SMILES string of the molecule is CC1CN(C)CC(C)(c2cccc(O)c2)O1. The van der Waals surface area contributed by atoms with Crippen LogP contribution in [0.1, 0.15) is 19.4 Å². The van der Waals surface area contributed by atoms with Crippen molar-refractivity contribution in [2.75, 3.05) is 20.1 Å². The van der Waals surface area contributed by atoms with Crippen molar-refractivity contribution in [2.24, 2.45) is 0 Å². The first-order chi connectivity index (χ1) is 7.49. The molecule has 0 aliphatic carbocycles. The number of hydrogen-bond acceptors (Lipinski definition) is 3. The summed E-state index contributed by atoms with van der Waals surface area (Å²) in [4.78, 5) is 2.26. The Kier molecular flexibility index (Phi) is 2.91. The molecule has 0 amide bonds. The molecule has 1 aromatic rings. The molecule has 1 aliphatic rings. The first kappa shape index (κ1) is 11.4. The molecule has 88 valence electrons. The lowest BCUT2D eigenvalue weighted by Crippen LogP contribution is -2.50. The number of phenols is 1. The van der Waals surface area contributed by atoms with Gasteiger partial charge in [0.05, 0.1) is 6.10 Å². The van der Waals surface area contributed by atoms with Gasteiger partial charge in [-0.2, -0.15) is 0 Å². The molecule has 1 aliphatic heterocycles. The third-order valence-corrected chi connectivity index (χ3v) is 3.06. The van der Waals surface area contributed by atoms with Gasteiger partial charge in [0.25, 0.3) is 0 Å². The molecule has 2 unspecified atom stereocenters. The molecule has 0 radical (unpaired) electrons. The van der Waals surface area contributed by atoms with Gasteiger partial charge in [-0.25, -0.2) is 0 Å². The van der Waals surface area contributed by atoms with Crippen molar-refractivity contribution >= 4 is 0 Å². The van der Waals surface area contributed by atoms with Crippen molar-refractivity contribution in [3.8, 4) is 5.75 Å². The van der Waals surface area contributed by atoms with E-state index in [0.29, 0.717) is 5.75 Å². The standard InChI is InChI=1S/C13H19NO2/c1-10-8-14(3)9-13(2,16-10)11-5-4-6-12(15)7-11/h4-7,10,15H,8-9H2,1-3H3. The third kappa shape index (κ3) is 2.20. The molecule has 1 heterocycles. The zero-order valence-electron chi connectivity index (χ0n) is 10.1. The Balaban J connectivity index is 2.30. The smallest absolute Gasteiger partial charge is 0.115 e. The van der Waals surface area contributed by atoms with Crippen LogP contribution in [0.3, 0.4) is 0 Å². The highest BCUT2D eigenvalue weighted by molar-refractivity contribution is 5.31. The van der Waals surface area contributed by atoms with E-state index in [4.69, 9.17) is 4.74 Å². The zero-order valence-corrected chi connectivity index (χ0v) is 10.1. The topological polar surface area (TPSA) is 32.7 Å². The normalized spacial score (nSPS) is 31.6. The quantitative estimate of drug-likeness (QED) is 0.787. The number of likely N-dealkylation sites (N-methyl/N-ethyl adjacent to an activating group) is 1. The second-order valence-electron chi connectivity index (χ2n) is 4.91. The number of rotatable bonds is 1. The lowest BCUT2D eigenvalue weighted by molar-refractivity contribution is -0.138. The van der Waals surface area contributed by atoms with Gasteiger partial charge < -0.3 is 14.7 Å². The molecule has 16 heavy (non-hydrogen) atoms. The number of aromatic hydroxyl groups is 1. The van der Waals surface area contributed by atoms with Crippen molar-refractivity contribution in [2.45, 2.75) is 25.6 Å². The van der Waals surface area contributed by atoms with Crippen LogP contribution in [0.5, 0.6) is 5.75 Å². The van der Waals surface area contributed by atoms with Crippen LogP contribution >= 0.6 is 0 Å². The van der Waals surface area contributed by atoms with E-state index in [1.54, 1.807) is 12.1 Å². The molecule has 2 rings (SSSR count). The predicted molar refractivity (Wildman–Crippen MR) is 63.5 cm³/mol. The molecular formula is C13H19NO2. The Labute approximate surface area is 96.6 Å². The number of phenolic OH excluding ortho intramolecular Hbond substituents is 1. The Hall–Kier alpha value is -1.06. The molecule has 1 aromatic carbocycles. The van der Waals surface area contributed by atoms with Crippen molar-refractivity contribution < 1.29 is 9.84 Å². The van der Waals surface area contributed by atoms with Gasteiger partial charge in [-0.15, -0.1) is 0 Å². The first-order valence-corrected chi connectivity index (χ1v) is 5.65. The van der Waals surface area contributed by atoms with Crippen LogP contribution in [0.2, 0.25) is 0 Å². The molecule has 1 N–H and O–H groups in total. The Morgan fingerprint density at radius 2 is 2.25 bits per heavy atom. The zero-order chi connectivity index (χ0) is 11.8. The van der Waals surface area contributed by atoms with Crippen LogP contribution in [0, 0.1) is 0 Å². The van der Waals surface area contributed by atoms with Gasteiger partial charge in [-0.3, -0.25) is 0 Å². The van der Waals surface area contributed by atoms with Gasteiger partial charge >= 0.3 is 0 Å². The second-order valence-corrected chi connectivity index (χ2v) is 4.91. The predicted octanol–water partition coefficient (Wildman–Crippen LogP) is 1.96. The van der Waals surface area contributed by atoms with Gasteiger partial charge in [0, 0.05) is 13.1 Å². The molecule has 2 atom stereocenters. The summed E-state index contributed by atoms with van der Waals surface area (Å²) >= 11 is 0. The van der Waals surface area contributed by atoms with E-state index < -0.39 is 0 Å². The van der Waals surface area contributed by atoms with Gasteiger partial charge in [0.1, 0.15) is 11.4 Å². The summed E-state index contributed by atoms with van der Waals surface area (Å²) in [6.07, 6.45) is 0.214. The summed E-state index contributed by atoms with van der Waals surface area (Å²) in [5.74, 6) is 0.295. The average molecular weight is 221 g/mol. The van der Waals surface area contributed by atoms with Gasteiger partial charge in [0.15, 0.2) is 0 Å². The van der Waals surface area contributed by atoms with Crippen LogP contribution < -0.4 is 0 Å². The lowest BCUT2D eigenvalue weighted by Gasteiger charge is -2.42. The maximum Gasteiger partial charge on any atom is 0.115 e. The van der Waals surface area contributed by atoms with E-state index in [1.807, 2.05) is 12.1 Å². The molecule has 0 saturated carbocycles. The second kappa shape index (κ2) is 4.07. The molecule has 3 nitrogen and oxygen atoms in total. The largest absolute Gasteiger partial charge is 0.508 e. The number of hydrogen-bond donors (Lipinski definition) is 1. The van der Waals surface area contributed by atoms with Crippen molar-refractivity contribution in [1.82, 2.24) is 4.90 Å². The summed E-state index contributed by atoms with van der Waals surface area (Å²) in [6, 6.07) is 7.33. The number of nitrogens with zero attached hydrogens (tertiary/aromatic N) is 1. The monoisotopic (exact) mass is 221 g/mol. The van der Waals surface area contributed by atoms with E-state index in [2.05, 4.69) is 25.8 Å². The minimum atomic E-state index is -0.328. The van der Waals surface area contributed by atoms with Gasteiger partial charge in [0.2, 0.25) is 0 Å². The molecule has 1 fully saturated rings. The minimum absolute atomic E-state index is 0.214. The van der Waals surface area contributed by atoms with E-state index in [1.165, 1.54) is 0 Å². The Morgan fingerprint density at radius 1 is 1.50 bits per heavy atom. The fraction of sp³-hybridized carbons (Fsp3) is 0.538.